The predicted octanol–water partition coefficient (Wildman–Crippen LogP) is 6.59. The van der Waals surface area contributed by atoms with Crippen molar-refractivity contribution in [3.05, 3.63) is 73.8 Å². The fraction of sp³-hybridized carbons (Fsp3) is 0.269. The van der Waals surface area contributed by atoms with Crippen LogP contribution in [0.2, 0.25) is 10.0 Å². The number of carbonyl (C=O) groups excluding carboxylic acids is 1. The molecule has 7 nitrogen and oxygen atoms in total. The summed E-state index contributed by atoms with van der Waals surface area (Å²) in [5.41, 5.74) is 1.80. The Morgan fingerprint density at radius 1 is 1.19 bits per heavy atom. The van der Waals surface area contributed by atoms with Crippen molar-refractivity contribution >= 4 is 57.6 Å². The zero-order valence-corrected chi connectivity index (χ0v) is 22.5. The number of benzene rings is 2. The minimum Gasteiger partial charge on any atom is -0.478 e. The fourth-order valence-electron chi connectivity index (χ4n) is 3.34. The van der Waals surface area contributed by atoms with E-state index in [4.69, 9.17) is 37.8 Å². The Balaban J connectivity index is 1.70. The number of aromatic nitrogens is 1. The monoisotopic (exact) mass is 566 g/mol. The molecule has 1 aromatic heterocycles. The number of carboxylic acids is 1. The minimum atomic E-state index is -1.11. The number of hydrogen-bond donors (Lipinski definition) is 2. The van der Waals surface area contributed by atoms with Crippen LogP contribution >= 0.6 is 34.5 Å². The normalized spacial score (nSPS) is 11.5. The number of nitrogens with zero attached hydrogens (tertiary/aromatic N) is 1. The third kappa shape index (κ3) is 7.83. The summed E-state index contributed by atoms with van der Waals surface area (Å²) in [5, 5.41) is 13.9. The Bertz CT molecular complexity index is 1290. The van der Waals surface area contributed by atoms with Crippen LogP contribution in [0.1, 0.15) is 34.8 Å². The summed E-state index contributed by atoms with van der Waals surface area (Å²) >= 11 is 13.6. The Morgan fingerprint density at radius 2 is 1.92 bits per heavy atom. The van der Waals surface area contributed by atoms with Crippen LogP contribution in [0.5, 0.6) is 0 Å². The third-order valence-electron chi connectivity index (χ3n) is 5.29. The van der Waals surface area contributed by atoms with Gasteiger partial charge in [0, 0.05) is 41.4 Å². The molecule has 0 bridgehead atoms. The van der Waals surface area contributed by atoms with Gasteiger partial charge in [0.2, 0.25) is 0 Å². The summed E-state index contributed by atoms with van der Waals surface area (Å²) in [4.78, 5) is 28.2. The topological polar surface area (TPSA) is 97.8 Å². The molecule has 11 heteroatoms. The molecule has 0 aliphatic heterocycles. The second-order valence-corrected chi connectivity index (χ2v) is 9.64. The van der Waals surface area contributed by atoms with Gasteiger partial charge in [0.15, 0.2) is 5.13 Å². The van der Waals surface area contributed by atoms with Crippen molar-refractivity contribution in [2.75, 3.05) is 32.2 Å². The van der Waals surface area contributed by atoms with Crippen LogP contribution < -0.4 is 5.32 Å². The van der Waals surface area contributed by atoms with Crippen LogP contribution in [-0.2, 0) is 20.7 Å². The van der Waals surface area contributed by atoms with E-state index in [-0.39, 0.29) is 32.1 Å². The molecule has 196 valence electrons. The standard InChI is InChI=1S/C26H25Cl2FN2O5S/c1-15(25(33)34)11-19-20(27)12-17(13-21(19)28)24(32)31-26-30-22(14-37-26)18-7-3-5-16(23(18)29)6-4-8-36-10-9-35-2/h3,5,7,11-14H,4,6,8-10H2,1-2H3,(H,33,34)(H,30,31,32). The highest BCUT2D eigenvalue weighted by Gasteiger charge is 2.17. The van der Waals surface area contributed by atoms with Crippen LogP contribution in [0.25, 0.3) is 17.3 Å². The van der Waals surface area contributed by atoms with E-state index in [1.165, 1.54) is 25.1 Å². The Hall–Kier alpha value is -2.82. The number of methoxy groups -OCH3 is 1. The number of rotatable bonds is 12. The lowest BCUT2D eigenvalue weighted by molar-refractivity contribution is -0.132. The molecular formula is C26H25Cl2FN2O5S. The molecule has 0 spiro atoms. The molecule has 0 radical (unpaired) electrons. The van der Waals surface area contributed by atoms with Gasteiger partial charge in [-0.05, 0) is 49.6 Å². The molecule has 1 heterocycles. The first kappa shape index (κ1) is 28.7. The highest BCUT2D eigenvalue weighted by atomic mass is 35.5. The SMILES string of the molecule is COCCOCCCc1cccc(-c2csc(NC(=O)c3cc(Cl)c(C=C(C)C(=O)O)c(Cl)c3)n2)c1F. The maximum absolute atomic E-state index is 15.1. The molecule has 37 heavy (non-hydrogen) atoms. The molecule has 3 rings (SSSR count). The van der Waals surface area contributed by atoms with E-state index in [2.05, 4.69) is 10.3 Å². The lowest BCUT2D eigenvalue weighted by Crippen LogP contribution is -2.12. The number of amides is 1. The molecule has 3 aromatic rings. The van der Waals surface area contributed by atoms with Gasteiger partial charge < -0.3 is 14.6 Å². The number of anilines is 1. The molecule has 0 atom stereocenters. The number of ether oxygens (including phenoxy) is 2. The summed E-state index contributed by atoms with van der Waals surface area (Å²) in [6.45, 7) is 2.93. The van der Waals surface area contributed by atoms with Gasteiger partial charge in [-0.25, -0.2) is 14.2 Å². The van der Waals surface area contributed by atoms with Crippen LogP contribution in [0.3, 0.4) is 0 Å². The summed E-state index contributed by atoms with van der Waals surface area (Å²) < 4.78 is 25.5. The van der Waals surface area contributed by atoms with Gasteiger partial charge in [-0.2, -0.15) is 0 Å². The van der Waals surface area contributed by atoms with Crippen LogP contribution in [0, 0.1) is 5.82 Å². The van der Waals surface area contributed by atoms with Crippen molar-refractivity contribution in [2.24, 2.45) is 0 Å². The Labute approximate surface area is 227 Å². The number of nitrogens with one attached hydrogen (secondary N) is 1. The van der Waals surface area contributed by atoms with E-state index in [1.807, 2.05) is 0 Å². The molecule has 2 N–H and O–H groups in total. The van der Waals surface area contributed by atoms with Crippen molar-refractivity contribution in [1.29, 1.82) is 0 Å². The number of halogens is 3. The number of thiazole rings is 1. The van der Waals surface area contributed by atoms with Crippen molar-refractivity contribution in [1.82, 2.24) is 4.98 Å². The van der Waals surface area contributed by atoms with Gasteiger partial charge >= 0.3 is 5.97 Å². The van der Waals surface area contributed by atoms with Crippen molar-refractivity contribution in [2.45, 2.75) is 19.8 Å². The lowest BCUT2D eigenvalue weighted by Gasteiger charge is -2.08. The van der Waals surface area contributed by atoms with E-state index in [0.29, 0.717) is 55.0 Å². The van der Waals surface area contributed by atoms with Gasteiger partial charge in [-0.15, -0.1) is 11.3 Å². The molecule has 0 unspecified atom stereocenters. The molecule has 0 fully saturated rings. The van der Waals surface area contributed by atoms with E-state index < -0.39 is 11.9 Å². The minimum absolute atomic E-state index is 0.0445. The maximum Gasteiger partial charge on any atom is 0.331 e. The summed E-state index contributed by atoms with van der Waals surface area (Å²) in [6.07, 6.45) is 2.51. The first-order valence-electron chi connectivity index (χ1n) is 11.2. The third-order valence-corrected chi connectivity index (χ3v) is 6.67. The second kappa shape index (κ2) is 13.6. The quantitative estimate of drug-likeness (QED) is 0.189. The van der Waals surface area contributed by atoms with Gasteiger partial charge in [0.25, 0.3) is 5.91 Å². The molecule has 0 aliphatic rings. The largest absolute Gasteiger partial charge is 0.478 e. The number of aryl methyl sites for hydroxylation is 1. The Kier molecular flexibility index (Phi) is 10.6. The lowest BCUT2D eigenvalue weighted by atomic mass is 10.0. The molecule has 0 saturated carbocycles. The molecule has 2 aromatic carbocycles. The molecule has 0 aliphatic carbocycles. The summed E-state index contributed by atoms with van der Waals surface area (Å²) in [7, 11) is 1.60. The highest BCUT2D eigenvalue weighted by Crippen LogP contribution is 2.31. The fourth-order valence-corrected chi connectivity index (χ4v) is 4.64. The zero-order chi connectivity index (χ0) is 26.9. The van der Waals surface area contributed by atoms with E-state index >= 15 is 4.39 Å². The van der Waals surface area contributed by atoms with Gasteiger partial charge in [-0.3, -0.25) is 10.1 Å². The summed E-state index contributed by atoms with van der Waals surface area (Å²) in [6, 6.07) is 7.91. The second-order valence-electron chi connectivity index (χ2n) is 7.97. The van der Waals surface area contributed by atoms with Crippen molar-refractivity contribution < 1.29 is 28.6 Å². The number of carboxylic acid groups (broad SMARTS) is 1. The smallest absolute Gasteiger partial charge is 0.331 e. The van der Waals surface area contributed by atoms with Crippen LogP contribution in [0.4, 0.5) is 9.52 Å². The van der Waals surface area contributed by atoms with Gasteiger partial charge in [0.1, 0.15) is 5.82 Å². The number of hydrogen-bond acceptors (Lipinski definition) is 6. The van der Waals surface area contributed by atoms with E-state index in [0.717, 1.165) is 11.3 Å². The zero-order valence-electron chi connectivity index (χ0n) is 20.1. The van der Waals surface area contributed by atoms with Crippen LogP contribution in [-0.4, -0.2) is 48.9 Å². The molecular weight excluding hydrogens is 542 g/mol. The average Bonchev–Trinajstić information content (AvgIpc) is 3.32. The molecule has 0 saturated heterocycles. The Morgan fingerprint density at radius 3 is 2.59 bits per heavy atom. The average molecular weight is 567 g/mol. The van der Waals surface area contributed by atoms with Crippen molar-refractivity contribution in [3.63, 3.8) is 0 Å². The van der Waals surface area contributed by atoms with Gasteiger partial charge in [-0.1, -0.05) is 35.3 Å². The van der Waals surface area contributed by atoms with Crippen LogP contribution in [0.15, 0.2) is 41.3 Å². The van der Waals surface area contributed by atoms with E-state index in [1.54, 1.807) is 30.7 Å². The van der Waals surface area contributed by atoms with Crippen molar-refractivity contribution in [3.8, 4) is 11.3 Å². The maximum atomic E-state index is 15.1. The summed E-state index contributed by atoms with van der Waals surface area (Å²) in [5.74, 6) is -1.98. The number of aliphatic carboxylic acids is 1. The molecule has 1 amide bonds. The van der Waals surface area contributed by atoms with Gasteiger partial charge in [0.05, 0.1) is 29.0 Å². The first-order chi connectivity index (χ1) is 17.7. The first-order valence-corrected chi connectivity index (χ1v) is 12.9. The highest BCUT2D eigenvalue weighted by molar-refractivity contribution is 7.14. The number of carbonyl (C=O) groups is 2. The van der Waals surface area contributed by atoms with E-state index in [9.17, 15) is 9.59 Å². The predicted molar refractivity (Wildman–Crippen MR) is 144 cm³/mol.